The minimum Gasteiger partial charge on any atom is -0.480 e. The van der Waals surface area contributed by atoms with Crippen LogP contribution in [0.1, 0.15) is 24.8 Å². The molecule has 1 aliphatic carbocycles. The number of carboxylic acid groups (broad SMARTS) is 1. The zero-order valence-electron chi connectivity index (χ0n) is 10.9. The van der Waals surface area contributed by atoms with Crippen LogP contribution in [0.4, 0.5) is 5.69 Å². The molecule has 5 heteroatoms. The van der Waals surface area contributed by atoms with Gasteiger partial charge < -0.3 is 10.0 Å². The first kappa shape index (κ1) is 13.3. The summed E-state index contributed by atoms with van der Waals surface area (Å²) in [7, 11) is 0. The summed E-state index contributed by atoms with van der Waals surface area (Å²) in [6.45, 7) is 0.705. The summed E-state index contributed by atoms with van der Waals surface area (Å²) in [4.78, 5) is 13.5. The Labute approximate surface area is 122 Å². The van der Waals surface area contributed by atoms with Gasteiger partial charge in [-0.25, -0.2) is 4.79 Å². The number of hydrogen-bond acceptors (Lipinski definition) is 3. The highest BCUT2D eigenvalue weighted by Gasteiger charge is 2.48. The van der Waals surface area contributed by atoms with Crippen LogP contribution in [0.2, 0.25) is 5.02 Å². The van der Waals surface area contributed by atoms with Gasteiger partial charge in [0, 0.05) is 11.6 Å². The van der Waals surface area contributed by atoms with Crippen molar-refractivity contribution in [2.45, 2.75) is 25.3 Å². The molecule has 4 nitrogen and oxygen atoms in total. The van der Waals surface area contributed by atoms with Crippen molar-refractivity contribution in [3.8, 4) is 6.07 Å². The number of nitriles is 1. The van der Waals surface area contributed by atoms with Gasteiger partial charge >= 0.3 is 5.97 Å². The first-order valence-electron chi connectivity index (χ1n) is 6.81. The highest BCUT2D eigenvalue weighted by molar-refractivity contribution is 6.30. The van der Waals surface area contributed by atoms with Crippen molar-refractivity contribution >= 4 is 23.3 Å². The minimum atomic E-state index is -0.803. The normalized spacial score (nSPS) is 28.2. The molecule has 0 radical (unpaired) electrons. The van der Waals surface area contributed by atoms with E-state index in [0.29, 0.717) is 28.7 Å². The van der Waals surface area contributed by atoms with Crippen molar-refractivity contribution in [3.05, 3.63) is 28.8 Å². The number of hydrogen-bond donors (Lipinski definition) is 1. The van der Waals surface area contributed by atoms with Crippen LogP contribution >= 0.6 is 11.6 Å². The maximum absolute atomic E-state index is 11.7. The number of benzene rings is 1. The highest BCUT2D eigenvalue weighted by atomic mass is 35.5. The van der Waals surface area contributed by atoms with Crippen LogP contribution < -0.4 is 4.90 Å². The first-order chi connectivity index (χ1) is 9.61. The number of fused-ring (bicyclic) bond motifs is 1. The van der Waals surface area contributed by atoms with Crippen LogP contribution in [-0.2, 0) is 4.79 Å². The summed E-state index contributed by atoms with van der Waals surface area (Å²) in [5.41, 5.74) is 1.14. The van der Waals surface area contributed by atoms with Gasteiger partial charge in [-0.15, -0.1) is 0 Å². The Morgan fingerprint density at radius 2 is 2.25 bits per heavy atom. The van der Waals surface area contributed by atoms with E-state index in [1.165, 1.54) is 0 Å². The fourth-order valence-corrected chi connectivity index (χ4v) is 3.87. The van der Waals surface area contributed by atoms with Crippen LogP contribution in [0.5, 0.6) is 0 Å². The Balaban J connectivity index is 2.03. The second-order valence-corrected chi connectivity index (χ2v) is 6.00. The van der Waals surface area contributed by atoms with Crippen LogP contribution in [0.25, 0.3) is 0 Å². The molecule has 1 saturated heterocycles. The first-order valence-corrected chi connectivity index (χ1v) is 7.18. The molecule has 3 unspecified atom stereocenters. The SMILES string of the molecule is N#Cc1ccc(Cl)cc1N1CC2CCCC2C1C(=O)O. The zero-order chi connectivity index (χ0) is 14.3. The lowest BCUT2D eigenvalue weighted by atomic mass is 9.94. The zero-order valence-corrected chi connectivity index (χ0v) is 11.7. The lowest BCUT2D eigenvalue weighted by Gasteiger charge is -2.27. The van der Waals surface area contributed by atoms with Gasteiger partial charge in [-0.3, -0.25) is 0 Å². The minimum absolute atomic E-state index is 0.193. The summed E-state index contributed by atoms with van der Waals surface area (Å²) >= 11 is 6.02. The molecule has 0 amide bonds. The van der Waals surface area contributed by atoms with E-state index in [2.05, 4.69) is 6.07 Å². The maximum atomic E-state index is 11.7. The van der Waals surface area contributed by atoms with Crippen LogP contribution in [-0.4, -0.2) is 23.7 Å². The monoisotopic (exact) mass is 290 g/mol. The lowest BCUT2D eigenvalue weighted by molar-refractivity contribution is -0.139. The summed E-state index contributed by atoms with van der Waals surface area (Å²) in [6.07, 6.45) is 3.14. The van der Waals surface area contributed by atoms with Crippen molar-refractivity contribution in [1.29, 1.82) is 5.26 Å². The highest BCUT2D eigenvalue weighted by Crippen LogP contribution is 2.45. The summed E-state index contributed by atoms with van der Waals surface area (Å²) in [5, 5.41) is 19.3. The molecule has 0 aromatic heterocycles. The molecule has 3 rings (SSSR count). The third-order valence-electron chi connectivity index (χ3n) is 4.53. The van der Waals surface area contributed by atoms with E-state index in [-0.39, 0.29) is 5.92 Å². The van der Waals surface area contributed by atoms with Crippen molar-refractivity contribution < 1.29 is 9.90 Å². The molecular weight excluding hydrogens is 276 g/mol. The lowest BCUT2D eigenvalue weighted by Crippen LogP contribution is -2.40. The quantitative estimate of drug-likeness (QED) is 0.909. The molecule has 2 fully saturated rings. The summed E-state index contributed by atoms with van der Waals surface area (Å²) in [6, 6.07) is 6.62. The van der Waals surface area contributed by atoms with Gasteiger partial charge in [0.2, 0.25) is 0 Å². The smallest absolute Gasteiger partial charge is 0.326 e. The number of halogens is 1. The molecule has 1 aromatic carbocycles. The molecule has 1 N–H and O–H groups in total. The van der Waals surface area contributed by atoms with Gasteiger partial charge in [0.05, 0.1) is 11.3 Å². The van der Waals surface area contributed by atoms with Crippen molar-refractivity contribution in [1.82, 2.24) is 0 Å². The second kappa shape index (κ2) is 4.99. The van der Waals surface area contributed by atoms with E-state index in [0.717, 1.165) is 19.3 Å². The van der Waals surface area contributed by atoms with E-state index < -0.39 is 12.0 Å². The Morgan fingerprint density at radius 1 is 1.45 bits per heavy atom. The van der Waals surface area contributed by atoms with Crippen LogP contribution in [0.15, 0.2) is 18.2 Å². The number of nitrogens with zero attached hydrogens (tertiary/aromatic N) is 2. The number of rotatable bonds is 2. The molecule has 20 heavy (non-hydrogen) atoms. The summed E-state index contributed by atoms with van der Waals surface area (Å²) < 4.78 is 0. The molecule has 0 bridgehead atoms. The van der Waals surface area contributed by atoms with E-state index in [9.17, 15) is 15.2 Å². The third kappa shape index (κ3) is 2.03. The van der Waals surface area contributed by atoms with Gasteiger partial charge in [-0.05, 0) is 42.9 Å². The van der Waals surface area contributed by atoms with Crippen LogP contribution in [0.3, 0.4) is 0 Å². The van der Waals surface area contributed by atoms with Gasteiger partial charge in [0.15, 0.2) is 0 Å². The second-order valence-electron chi connectivity index (χ2n) is 5.56. The van der Waals surface area contributed by atoms with Gasteiger partial charge in [-0.2, -0.15) is 5.26 Å². The topological polar surface area (TPSA) is 64.3 Å². The van der Waals surface area contributed by atoms with E-state index in [1.54, 1.807) is 18.2 Å². The van der Waals surface area contributed by atoms with E-state index in [4.69, 9.17) is 11.6 Å². The largest absolute Gasteiger partial charge is 0.480 e. The van der Waals surface area contributed by atoms with E-state index >= 15 is 0 Å². The molecule has 1 heterocycles. The average Bonchev–Trinajstić information content (AvgIpc) is 2.97. The summed E-state index contributed by atoms with van der Waals surface area (Å²) in [5.74, 6) is -0.192. The fourth-order valence-electron chi connectivity index (χ4n) is 3.71. The van der Waals surface area contributed by atoms with Crippen molar-refractivity contribution in [2.75, 3.05) is 11.4 Å². The Hall–Kier alpha value is -1.73. The molecule has 1 aromatic rings. The Kier molecular flexibility index (Phi) is 3.31. The number of aliphatic carboxylic acids is 1. The predicted octanol–water partition coefficient (Wildman–Crippen LogP) is 2.90. The van der Waals surface area contributed by atoms with E-state index in [1.807, 2.05) is 4.90 Å². The van der Waals surface area contributed by atoms with Gasteiger partial charge in [0.25, 0.3) is 0 Å². The standard InChI is InChI=1S/C15H15ClN2O2/c16-11-5-4-9(7-17)13(6-11)18-8-10-2-1-3-12(10)14(18)15(19)20/h4-6,10,12,14H,1-3,8H2,(H,19,20). The number of carboxylic acids is 1. The Morgan fingerprint density at radius 3 is 2.95 bits per heavy atom. The molecule has 1 saturated carbocycles. The Bertz CT molecular complexity index is 596. The van der Waals surface area contributed by atoms with Crippen LogP contribution in [0, 0.1) is 23.2 Å². The predicted molar refractivity (Wildman–Crippen MR) is 75.8 cm³/mol. The molecule has 3 atom stereocenters. The maximum Gasteiger partial charge on any atom is 0.326 e. The molecule has 2 aliphatic rings. The molecular formula is C15H15ClN2O2. The van der Waals surface area contributed by atoms with Crippen molar-refractivity contribution in [3.63, 3.8) is 0 Å². The van der Waals surface area contributed by atoms with Gasteiger partial charge in [-0.1, -0.05) is 18.0 Å². The molecule has 0 spiro atoms. The third-order valence-corrected chi connectivity index (χ3v) is 4.77. The average molecular weight is 291 g/mol. The molecule has 104 valence electrons. The fraction of sp³-hybridized carbons (Fsp3) is 0.467. The van der Waals surface area contributed by atoms with Gasteiger partial charge in [0.1, 0.15) is 12.1 Å². The number of carbonyl (C=O) groups is 1. The number of anilines is 1. The molecule has 1 aliphatic heterocycles. The van der Waals surface area contributed by atoms with Crippen molar-refractivity contribution in [2.24, 2.45) is 11.8 Å².